The second-order valence-electron chi connectivity index (χ2n) is 9.27. The molecule has 4 aromatic rings. The van der Waals surface area contributed by atoms with Gasteiger partial charge in [0, 0.05) is 25.1 Å². The van der Waals surface area contributed by atoms with Crippen LogP contribution in [0.25, 0.3) is 10.2 Å². The van der Waals surface area contributed by atoms with E-state index in [2.05, 4.69) is 70.8 Å². The minimum Gasteiger partial charge on any atom is -0.361 e. The van der Waals surface area contributed by atoms with Crippen LogP contribution in [0, 0.1) is 0 Å². The van der Waals surface area contributed by atoms with Crippen LogP contribution in [0.3, 0.4) is 0 Å². The van der Waals surface area contributed by atoms with Gasteiger partial charge in [-0.05, 0) is 59.9 Å². The first-order valence-electron chi connectivity index (χ1n) is 11.8. The number of thiazole rings is 1. The van der Waals surface area contributed by atoms with Gasteiger partial charge >= 0.3 is 0 Å². The van der Waals surface area contributed by atoms with Crippen molar-refractivity contribution in [3.8, 4) is 0 Å². The molecule has 2 aliphatic rings. The standard InChI is InChI=1S/C27H26N4O2S3/c1-31-25-21-6-4-3-5-18(21)15-24(25)35-27(31)29-19-9-7-17(8-10-19)13-14-28-26-30-22-12-11-20(36(2,32)33)16-23(22)34-26/h3-12,16,24-25H,13-15H2,1-2H3,(H,28,30)/b29-27-/t24?,25-/m0/s1. The van der Waals surface area contributed by atoms with Crippen molar-refractivity contribution in [1.29, 1.82) is 0 Å². The molecule has 1 saturated heterocycles. The molecule has 9 heteroatoms. The third-order valence-corrected chi connectivity index (χ3v) is 10.2. The molecule has 1 N–H and O–H groups in total. The predicted molar refractivity (Wildman–Crippen MR) is 150 cm³/mol. The number of hydrogen-bond acceptors (Lipinski definition) is 7. The van der Waals surface area contributed by atoms with Crippen molar-refractivity contribution in [1.82, 2.24) is 9.88 Å². The Hall–Kier alpha value is -2.88. The van der Waals surface area contributed by atoms with Gasteiger partial charge in [0.1, 0.15) is 0 Å². The number of nitrogens with one attached hydrogen (secondary N) is 1. The van der Waals surface area contributed by atoms with E-state index < -0.39 is 9.84 Å². The summed E-state index contributed by atoms with van der Waals surface area (Å²) in [5.41, 5.74) is 5.91. The highest BCUT2D eigenvalue weighted by Gasteiger charge is 2.43. The average molecular weight is 535 g/mol. The SMILES string of the molecule is CN1/C(=N/c2ccc(CCNc3nc4ccc(S(C)(=O)=O)cc4s3)cc2)SC2Cc3ccccc3[C@@H]21. The molecule has 1 unspecified atom stereocenters. The fraction of sp³-hybridized carbons (Fsp3) is 0.259. The molecular weight excluding hydrogens is 509 g/mol. The highest BCUT2D eigenvalue weighted by Crippen LogP contribution is 2.48. The molecule has 1 aliphatic carbocycles. The second kappa shape index (κ2) is 9.21. The topological polar surface area (TPSA) is 74.7 Å². The van der Waals surface area contributed by atoms with Crippen LogP contribution in [-0.4, -0.2) is 48.6 Å². The molecular formula is C27H26N4O2S3. The summed E-state index contributed by atoms with van der Waals surface area (Å²) in [6.45, 7) is 0.744. The zero-order valence-electron chi connectivity index (χ0n) is 20.0. The van der Waals surface area contributed by atoms with Crippen molar-refractivity contribution < 1.29 is 8.42 Å². The van der Waals surface area contributed by atoms with Gasteiger partial charge in [-0.2, -0.15) is 0 Å². The van der Waals surface area contributed by atoms with Crippen molar-refractivity contribution in [2.24, 2.45) is 4.99 Å². The lowest BCUT2D eigenvalue weighted by molar-refractivity contribution is 0.402. The van der Waals surface area contributed by atoms with Crippen molar-refractivity contribution in [3.63, 3.8) is 0 Å². The molecule has 0 radical (unpaired) electrons. The summed E-state index contributed by atoms with van der Waals surface area (Å²) in [6, 6.07) is 22.7. The van der Waals surface area contributed by atoms with E-state index in [0.29, 0.717) is 16.2 Å². The zero-order chi connectivity index (χ0) is 24.9. The lowest BCUT2D eigenvalue weighted by Crippen LogP contribution is -2.23. The number of benzene rings is 3. The van der Waals surface area contributed by atoms with Crippen LogP contribution in [0.5, 0.6) is 0 Å². The number of rotatable bonds is 6. The third kappa shape index (κ3) is 4.51. The smallest absolute Gasteiger partial charge is 0.183 e. The number of anilines is 1. The Kier molecular flexibility index (Phi) is 6.02. The van der Waals surface area contributed by atoms with Gasteiger partial charge in [-0.3, -0.25) is 0 Å². The number of aromatic nitrogens is 1. The van der Waals surface area contributed by atoms with E-state index in [1.54, 1.807) is 18.2 Å². The van der Waals surface area contributed by atoms with Crippen LogP contribution in [0.4, 0.5) is 10.8 Å². The van der Waals surface area contributed by atoms with Crippen LogP contribution in [0.1, 0.15) is 22.7 Å². The number of aliphatic imine (C=N–C) groups is 1. The number of hydrogen-bond donors (Lipinski definition) is 1. The molecule has 1 aromatic heterocycles. The van der Waals surface area contributed by atoms with Crippen molar-refractivity contribution in [2.75, 3.05) is 25.2 Å². The highest BCUT2D eigenvalue weighted by molar-refractivity contribution is 8.14. The molecule has 6 nitrogen and oxygen atoms in total. The quantitative estimate of drug-likeness (QED) is 0.343. The Bertz CT molecular complexity index is 1580. The van der Waals surface area contributed by atoms with Crippen LogP contribution in [0.2, 0.25) is 0 Å². The molecule has 2 heterocycles. The molecule has 0 bridgehead atoms. The minimum absolute atomic E-state index is 0.323. The fourth-order valence-corrected chi connectivity index (χ4v) is 8.00. The molecule has 36 heavy (non-hydrogen) atoms. The average Bonchev–Trinajstić information content (AvgIpc) is 3.51. The Morgan fingerprint density at radius 2 is 1.92 bits per heavy atom. The van der Waals surface area contributed by atoms with Gasteiger partial charge in [-0.15, -0.1) is 0 Å². The highest BCUT2D eigenvalue weighted by atomic mass is 32.2. The van der Waals surface area contributed by atoms with E-state index in [1.165, 1.54) is 34.3 Å². The summed E-state index contributed by atoms with van der Waals surface area (Å²) in [7, 11) is -1.07. The van der Waals surface area contributed by atoms with E-state index in [9.17, 15) is 8.42 Å². The Labute approximate surface area is 219 Å². The maximum absolute atomic E-state index is 11.8. The maximum Gasteiger partial charge on any atom is 0.183 e. The Balaban J connectivity index is 1.08. The molecule has 184 valence electrons. The molecule has 0 amide bonds. The van der Waals surface area contributed by atoms with Gasteiger partial charge in [-0.25, -0.2) is 18.4 Å². The van der Waals surface area contributed by atoms with E-state index >= 15 is 0 Å². The summed E-state index contributed by atoms with van der Waals surface area (Å²) in [4.78, 5) is 12.2. The third-order valence-electron chi connectivity index (χ3n) is 6.76. The van der Waals surface area contributed by atoms with Crippen molar-refractivity contribution in [3.05, 3.63) is 83.4 Å². The predicted octanol–water partition coefficient (Wildman–Crippen LogP) is 5.69. The van der Waals surface area contributed by atoms with E-state index in [1.807, 2.05) is 11.8 Å². The lowest BCUT2D eigenvalue weighted by Gasteiger charge is -2.21. The van der Waals surface area contributed by atoms with Crippen molar-refractivity contribution in [2.45, 2.75) is 29.0 Å². The number of fused-ring (bicyclic) bond motifs is 4. The maximum atomic E-state index is 11.8. The number of nitrogens with zero attached hydrogens (tertiary/aromatic N) is 3. The number of amidine groups is 1. The molecule has 0 spiro atoms. The summed E-state index contributed by atoms with van der Waals surface area (Å²) >= 11 is 3.36. The minimum atomic E-state index is -3.22. The molecule has 2 atom stereocenters. The molecule has 6 rings (SSSR count). The zero-order valence-corrected chi connectivity index (χ0v) is 22.5. The Morgan fingerprint density at radius 3 is 2.72 bits per heavy atom. The second-order valence-corrected chi connectivity index (χ2v) is 13.5. The molecule has 0 saturated carbocycles. The van der Waals surface area contributed by atoms with Crippen LogP contribution >= 0.6 is 23.1 Å². The lowest BCUT2D eigenvalue weighted by atomic mass is 10.1. The van der Waals surface area contributed by atoms with Gasteiger partial charge in [0.15, 0.2) is 20.1 Å². The summed E-state index contributed by atoms with van der Waals surface area (Å²) in [5.74, 6) is 0. The number of thioether (sulfide) groups is 1. The largest absolute Gasteiger partial charge is 0.361 e. The van der Waals surface area contributed by atoms with E-state index in [4.69, 9.17) is 4.99 Å². The fourth-order valence-electron chi connectivity index (χ4n) is 4.92. The van der Waals surface area contributed by atoms with Gasteiger partial charge < -0.3 is 10.2 Å². The first-order chi connectivity index (χ1) is 17.3. The van der Waals surface area contributed by atoms with E-state index in [-0.39, 0.29) is 0 Å². The summed E-state index contributed by atoms with van der Waals surface area (Å²) < 4.78 is 24.5. The number of sulfone groups is 1. The molecule has 1 aliphatic heterocycles. The summed E-state index contributed by atoms with van der Waals surface area (Å²) in [6.07, 6.45) is 3.19. The molecule has 3 aromatic carbocycles. The normalized spacial score (nSPS) is 20.2. The monoisotopic (exact) mass is 534 g/mol. The van der Waals surface area contributed by atoms with Crippen molar-refractivity contribution >= 4 is 59.1 Å². The summed E-state index contributed by atoms with van der Waals surface area (Å²) in [5, 5.41) is 5.79. The van der Waals surface area contributed by atoms with Gasteiger partial charge in [0.25, 0.3) is 0 Å². The van der Waals surface area contributed by atoms with Gasteiger partial charge in [0.2, 0.25) is 0 Å². The van der Waals surface area contributed by atoms with Crippen LogP contribution in [-0.2, 0) is 22.7 Å². The first-order valence-corrected chi connectivity index (χ1v) is 15.4. The van der Waals surface area contributed by atoms with Gasteiger partial charge in [-0.1, -0.05) is 59.5 Å². The molecule has 1 fully saturated rings. The van der Waals surface area contributed by atoms with Gasteiger partial charge in [0.05, 0.1) is 26.8 Å². The van der Waals surface area contributed by atoms with Crippen LogP contribution in [0.15, 0.2) is 76.6 Å². The van der Waals surface area contributed by atoms with Crippen LogP contribution < -0.4 is 5.32 Å². The Morgan fingerprint density at radius 1 is 1.11 bits per heavy atom. The van der Waals surface area contributed by atoms with E-state index in [0.717, 1.165) is 45.6 Å². The first kappa shape index (κ1) is 23.5.